The summed E-state index contributed by atoms with van der Waals surface area (Å²) in [5, 5.41) is 18.8. The van der Waals surface area contributed by atoms with Crippen molar-refractivity contribution in [2.75, 3.05) is 40.5 Å². The van der Waals surface area contributed by atoms with Crippen molar-refractivity contribution in [3.05, 3.63) is 53.0 Å². The fourth-order valence-electron chi connectivity index (χ4n) is 4.28. The van der Waals surface area contributed by atoms with Gasteiger partial charge in [0.2, 0.25) is 5.95 Å². The summed E-state index contributed by atoms with van der Waals surface area (Å²) in [5.41, 5.74) is 9.80. The molecule has 1 aromatic carbocycles. The molecule has 0 saturated carbocycles. The summed E-state index contributed by atoms with van der Waals surface area (Å²) in [5.74, 6) is 4.60. The molecule has 1 atom stereocenters. The predicted molar refractivity (Wildman–Crippen MR) is 142 cm³/mol. The van der Waals surface area contributed by atoms with Crippen LogP contribution < -0.4 is 16.0 Å². The third-order valence-corrected chi connectivity index (χ3v) is 6.99. The Morgan fingerprint density at radius 3 is 2.77 bits per heavy atom. The van der Waals surface area contributed by atoms with Crippen LogP contribution in [-0.2, 0) is 0 Å². The molecule has 0 amide bonds. The van der Waals surface area contributed by atoms with Gasteiger partial charge in [-0.3, -0.25) is 0 Å². The van der Waals surface area contributed by atoms with Crippen molar-refractivity contribution >= 4 is 52.4 Å². The maximum atomic E-state index is 6.05. The van der Waals surface area contributed by atoms with Crippen molar-refractivity contribution in [3.63, 3.8) is 0 Å². The molecular formula is C24H28N10S. The number of hydrogen-bond acceptors (Lipinski definition) is 10. The fourth-order valence-corrected chi connectivity index (χ4v) is 5.19. The maximum Gasteiger partial charge on any atom is 0.222 e. The Labute approximate surface area is 207 Å². The smallest absolute Gasteiger partial charge is 0.222 e. The molecule has 0 spiro atoms. The van der Waals surface area contributed by atoms with Gasteiger partial charge >= 0.3 is 0 Å². The van der Waals surface area contributed by atoms with Gasteiger partial charge in [-0.05, 0) is 42.8 Å². The van der Waals surface area contributed by atoms with E-state index >= 15 is 0 Å². The monoisotopic (exact) mass is 488 g/mol. The first-order valence-electron chi connectivity index (χ1n) is 11.7. The number of nitrogens with two attached hydrogens (primary N) is 1. The molecule has 180 valence electrons. The zero-order valence-electron chi connectivity index (χ0n) is 19.8. The van der Waals surface area contributed by atoms with Gasteiger partial charge in [-0.1, -0.05) is 25.1 Å². The number of aryl methyl sites for hydroxylation is 1. The molecule has 1 aliphatic rings. The summed E-state index contributed by atoms with van der Waals surface area (Å²) < 4.78 is 0. The third-order valence-electron chi connectivity index (χ3n) is 6.05. The zero-order chi connectivity index (χ0) is 24.2. The Bertz CT molecular complexity index is 1330. The topological polar surface area (TPSA) is 134 Å². The van der Waals surface area contributed by atoms with Crippen LogP contribution in [0.5, 0.6) is 0 Å². The lowest BCUT2D eigenvalue weighted by Gasteiger charge is -2.32. The minimum absolute atomic E-state index is 0.0253. The molecule has 11 heteroatoms. The van der Waals surface area contributed by atoms with Crippen LogP contribution in [0.2, 0.25) is 0 Å². The molecule has 4 N–H and O–H groups in total. The number of thioether (sulfide) groups is 1. The Morgan fingerprint density at radius 2 is 2.00 bits per heavy atom. The molecule has 4 aromatic rings. The Kier molecular flexibility index (Phi) is 6.75. The quantitative estimate of drug-likeness (QED) is 0.353. The number of benzene rings is 1. The van der Waals surface area contributed by atoms with Crippen molar-refractivity contribution in [1.29, 1.82) is 0 Å². The van der Waals surface area contributed by atoms with Crippen molar-refractivity contribution < 1.29 is 0 Å². The molecule has 4 heterocycles. The normalized spacial score (nSPS) is 15.1. The van der Waals surface area contributed by atoms with Gasteiger partial charge in [-0.2, -0.15) is 22.0 Å². The second kappa shape index (κ2) is 10.3. The number of H-pyrrole nitrogens is 1. The molecule has 1 fully saturated rings. The fraction of sp³-hybridized carbons (Fsp3) is 0.333. The van der Waals surface area contributed by atoms with Crippen molar-refractivity contribution in [2.24, 2.45) is 0 Å². The summed E-state index contributed by atoms with van der Waals surface area (Å²) in [6.45, 7) is 6.04. The number of aromatic nitrogens is 7. The lowest BCUT2D eigenvalue weighted by atomic mass is 10.0. The minimum Gasteiger partial charge on any atom is -0.368 e. The van der Waals surface area contributed by atoms with Gasteiger partial charge in [0.15, 0.2) is 5.82 Å². The average molecular weight is 489 g/mol. The number of tetrazole rings is 1. The van der Waals surface area contributed by atoms with Gasteiger partial charge in [0.05, 0.1) is 17.3 Å². The highest BCUT2D eigenvalue weighted by Gasteiger charge is 2.23. The molecule has 0 aliphatic carbocycles. The molecule has 3 aromatic heterocycles. The van der Waals surface area contributed by atoms with E-state index in [0.29, 0.717) is 11.6 Å². The number of anilines is 3. The standard InChI is InChI=1S/C24H28N10S/c1-3-19(27-22-17(15(2)26-24(25)29-22)8-9-21-30-32-33-31-21)18-14-16-6-4-5-7-20(16)28-23(18)34-10-12-35-13-11-34/h4-9,14,19H,3,10-13H2,1-2H3,(H3,25,26,27,29)(H,30,31,32,33). The Morgan fingerprint density at radius 1 is 1.17 bits per heavy atom. The van der Waals surface area contributed by atoms with Crippen molar-refractivity contribution in [2.45, 2.75) is 26.3 Å². The van der Waals surface area contributed by atoms with Gasteiger partial charge in [-0.25, -0.2) is 9.97 Å². The van der Waals surface area contributed by atoms with Gasteiger partial charge < -0.3 is 16.0 Å². The molecule has 5 rings (SSSR count). The number of rotatable bonds is 7. The molecule has 1 saturated heterocycles. The van der Waals surface area contributed by atoms with E-state index in [2.05, 4.69) is 72.0 Å². The molecule has 0 bridgehead atoms. The summed E-state index contributed by atoms with van der Waals surface area (Å²) in [7, 11) is 0. The van der Waals surface area contributed by atoms with E-state index in [1.54, 1.807) is 6.08 Å². The number of hydrogen-bond donors (Lipinski definition) is 3. The van der Waals surface area contributed by atoms with Crippen LogP contribution in [0, 0.1) is 6.92 Å². The predicted octanol–water partition coefficient (Wildman–Crippen LogP) is 3.72. The number of fused-ring (bicyclic) bond motifs is 1. The summed E-state index contributed by atoms with van der Waals surface area (Å²) in [6, 6.07) is 10.5. The van der Waals surface area contributed by atoms with E-state index < -0.39 is 0 Å². The van der Waals surface area contributed by atoms with Crippen LogP contribution in [0.25, 0.3) is 23.1 Å². The van der Waals surface area contributed by atoms with Crippen molar-refractivity contribution in [3.8, 4) is 0 Å². The van der Waals surface area contributed by atoms with E-state index in [1.807, 2.05) is 30.8 Å². The van der Waals surface area contributed by atoms with Crippen LogP contribution in [0.4, 0.5) is 17.6 Å². The maximum absolute atomic E-state index is 6.05. The van der Waals surface area contributed by atoms with E-state index in [4.69, 9.17) is 10.7 Å². The first-order valence-corrected chi connectivity index (χ1v) is 12.8. The highest BCUT2D eigenvalue weighted by molar-refractivity contribution is 7.99. The highest BCUT2D eigenvalue weighted by atomic mass is 32.2. The summed E-state index contributed by atoms with van der Waals surface area (Å²) in [6.07, 6.45) is 4.49. The van der Waals surface area contributed by atoms with Crippen LogP contribution in [-0.4, -0.2) is 60.2 Å². The molecule has 0 radical (unpaired) electrons. The lowest BCUT2D eigenvalue weighted by Crippen LogP contribution is -2.34. The van der Waals surface area contributed by atoms with E-state index in [9.17, 15) is 0 Å². The number of pyridine rings is 1. The van der Waals surface area contributed by atoms with Gasteiger partial charge in [0, 0.05) is 41.1 Å². The van der Waals surface area contributed by atoms with Crippen LogP contribution in [0.3, 0.4) is 0 Å². The number of aromatic amines is 1. The average Bonchev–Trinajstić information content (AvgIpc) is 3.40. The Balaban J connectivity index is 1.56. The first-order chi connectivity index (χ1) is 17.1. The van der Waals surface area contributed by atoms with Crippen LogP contribution in [0.1, 0.15) is 42.0 Å². The summed E-state index contributed by atoms with van der Waals surface area (Å²) in [4.78, 5) is 16.4. The first kappa shape index (κ1) is 23.0. The number of para-hydroxylation sites is 1. The van der Waals surface area contributed by atoms with E-state index in [0.717, 1.165) is 64.6 Å². The highest BCUT2D eigenvalue weighted by Crippen LogP contribution is 2.34. The Hall–Kier alpha value is -3.73. The molecule has 1 unspecified atom stereocenters. The number of nitrogens with one attached hydrogen (secondary N) is 2. The SMILES string of the molecule is CCC(Nc1nc(N)nc(C)c1C=Cc1nn[nH]n1)c1cc2ccccc2nc1N1CCSCC1. The zero-order valence-corrected chi connectivity index (χ0v) is 20.6. The second-order valence-corrected chi connectivity index (χ2v) is 9.56. The van der Waals surface area contributed by atoms with Gasteiger partial charge in [0.25, 0.3) is 0 Å². The van der Waals surface area contributed by atoms with Gasteiger partial charge in [-0.15, -0.1) is 10.2 Å². The lowest BCUT2D eigenvalue weighted by molar-refractivity contribution is 0.727. The molecular weight excluding hydrogens is 460 g/mol. The summed E-state index contributed by atoms with van der Waals surface area (Å²) >= 11 is 1.99. The van der Waals surface area contributed by atoms with Gasteiger partial charge in [0.1, 0.15) is 11.6 Å². The molecule has 1 aliphatic heterocycles. The van der Waals surface area contributed by atoms with Crippen LogP contribution in [0.15, 0.2) is 30.3 Å². The molecule has 10 nitrogen and oxygen atoms in total. The number of nitrogen functional groups attached to an aromatic ring is 1. The van der Waals surface area contributed by atoms with E-state index in [-0.39, 0.29) is 12.0 Å². The third kappa shape index (κ3) is 5.04. The largest absolute Gasteiger partial charge is 0.368 e. The molecule has 35 heavy (non-hydrogen) atoms. The van der Waals surface area contributed by atoms with Crippen LogP contribution >= 0.6 is 11.8 Å². The number of nitrogens with zero attached hydrogens (tertiary/aromatic N) is 7. The second-order valence-electron chi connectivity index (χ2n) is 8.33. The van der Waals surface area contributed by atoms with Crippen molar-refractivity contribution in [1.82, 2.24) is 35.6 Å². The van der Waals surface area contributed by atoms with E-state index in [1.165, 1.54) is 0 Å². The minimum atomic E-state index is -0.0253.